The molecule has 1 saturated heterocycles. The van der Waals surface area contributed by atoms with Crippen LogP contribution in [0.2, 0.25) is 5.02 Å². The number of carbonyl (C=O) groups is 1. The number of hydrogen-bond acceptors (Lipinski definition) is 5. The number of nitrogens with one attached hydrogen (secondary N) is 1. The van der Waals surface area contributed by atoms with Gasteiger partial charge in [-0.3, -0.25) is 9.69 Å². The number of piperidine rings is 1. The van der Waals surface area contributed by atoms with Crippen LogP contribution in [0.4, 0.5) is 0 Å². The van der Waals surface area contributed by atoms with Crippen molar-refractivity contribution in [3.63, 3.8) is 0 Å². The maximum absolute atomic E-state index is 12.5. The van der Waals surface area contributed by atoms with E-state index in [2.05, 4.69) is 27.5 Å². The van der Waals surface area contributed by atoms with Crippen molar-refractivity contribution in [2.75, 3.05) is 26.7 Å². The van der Waals surface area contributed by atoms with Gasteiger partial charge in [-0.25, -0.2) is 0 Å². The standard InChI is InChI=1S/C24H27Cl2N3O3/c1-31-23-12-18(4-7-21(23)26)24(30)27-14-16-8-10-29(11-9-16)15-20-13-22(28-32-20)17-2-5-19(25)6-3-17/h2,4-7,12-13,16-17H,3,8-11,14-15H2,1H3,(H,27,30). The number of methoxy groups -OCH3 is 1. The normalized spacial score (nSPS) is 19.6. The summed E-state index contributed by atoms with van der Waals surface area (Å²) in [5, 5.41) is 8.56. The van der Waals surface area contributed by atoms with Crippen molar-refractivity contribution < 1.29 is 14.1 Å². The molecule has 0 spiro atoms. The average Bonchev–Trinajstić information content (AvgIpc) is 3.27. The highest BCUT2D eigenvalue weighted by atomic mass is 35.5. The molecule has 0 saturated carbocycles. The molecule has 1 aliphatic carbocycles. The lowest BCUT2D eigenvalue weighted by molar-refractivity contribution is 0.0933. The summed E-state index contributed by atoms with van der Waals surface area (Å²) in [6, 6.07) is 7.11. The quantitative estimate of drug-likeness (QED) is 0.599. The Morgan fingerprint density at radius 1 is 1.28 bits per heavy atom. The van der Waals surface area contributed by atoms with E-state index < -0.39 is 0 Å². The van der Waals surface area contributed by atoms with Crippen LogP contribution >= 0.6 is 23.2 Å². The largest absolute Gasteiger partial charge is 0.495 e. The molecule has 1 unspecified atom stereocenters. The first-order valence-electron chi connectivity index (χ1n) is 10.8. The number of halogens is 2. The van der Waals surface area contributed by atoms with Crippen molar-refractivity contribution in [2.45, 2.75) is 31.7 Å². The minimum absolute atomic E-state index is 0.107. The van der Waals surface area contributed by atoms with E-state index in [1.165, 1.54) is 7.11 Å². The Labute approximate surface area is 198 Å². The molecule has 8 heteroatoms. The lowest BCUT2D eigenvalue weighted by atomic mass is 9.96. The van der Waals surface area contributed by atoms with Gasteiger partial charge >= 0.3 is 0 Å². The summed E-state index contributed by atoms with van der Waals surface area (Å²) in [5.41, 5.74) is 1.50. The first kappa shape index (κ1) is 22.9. The topological polar surface area (TPSA) is 67.6 Å². The van der Waals surface area contributed by atoms with Gasteiger partial charge in [-0.1, -0.05) is 40.5 Å². The van der Waals surface area contributed by atoms with Crippen LogP contribution in [0.15, 0.2) is 52.0 Å². The van der Waals surface area contributed by atoms with Gasteiger partial charge < -0.3 is 14.6 Å². The number of benzene rings is 1. The molecule has 1 aliphatic heterocycles. The van der Waals surface area contributed by atoms with Gasteiger partial charge in [-0.15, -0.1) is 0 Å². The van der Waals surface area contributed by atoms with E-state index in [1.807, 2.05) is 12.2 Å². The molecule has 1 N–H and O–H groups in total. The van der Waals surface area contributed by atoms with Gasteiger partial charge in [0.05, 0.1) is 24.4 Å². The summed E-state index contributed by atoms with van der Waals surface area (Å²) >= 11 is 12.0. The Bertz CT molecular complexity index is 1010. The molecule has 1 aromatic carbocycles. The highest BCUT2D eigenvalue weighted by molar-refractivity contribution is 6.32. The van der Waals surface area contributed by atoms with Gasteiger partial charge in [0, 0.05) is 29.1 Å². The zero-order valence-corrected chi connectivity index (χ0v) is 19.5. The third-order valence-corrected chi connectivity index (χ3v) is 6.66. The number of carbonyl (C=O) groups excluding carboxylic acids is 1. The van der Waals surface area contributed by atoms with Crippen LogP contribution in [0, 0.1) is 5.92 Å². The van der Waals surface area contributed by atoms with Crippen LogP contribution in [0.25, 0.3) is 0 Å². The summed E-state index contributed by atoms with van der Waals surface area (Å²) in [7, 11) is 1.54. The van der Waals surface area contributed by atoms with Gasteiger partial charge in [-0.05, 0) is 62.5 Å². The summed E-state index contributed by atoms with van der Waals surface area (Å²) in [5.74, 6) is 1.97. The summed E-state index contributed by atoms with van der Waals surface area (Å²) in [6.45, 7) is 3.35. The van der Waals surface area contributed by atoms with Crippen LogP contribution in [-0.4, -0.2) is 42.7 Å². The lowest BCUT2D eigenvalue weighted by Crippen LogP contribution is -2.38. The van der Waals surface area contributed by atoms with E-state index in [-0.39, 0.29) is 11.8 Å². The van der Waals surface area contributed by atoms with E-state index in [9.17, 15) is 4.79 Å². The molecule has 170 valence electrons. The number of rotatable bonds is 7. The highest BCUT2D eigenvalue weighted by Gasteiger charge is 2.22. The average molecular weight is 476 g/mol. The fourth-order valence-electron chi connectivity index (χ4n) is 4.10. The SMILES string of the molecule is COc1cc(C(=O)NCC2CCN(Cc3cc(C4C=CC(Cl)=CC4)no3)CC2)ccc1Cl. The van der Waals surface area contributed by atoms with E-state index >= 15 is 0 Å². The van der Waals surface area contributed by atoms with Gasteiger partial charge in [0.2, 0.25) is 0 Å². The fourth-order valence-corrected chi connectivity index (χ4v) is 4.46. The summed E-state index contributed by atoms with van der Waals surface area (Å²) < 4.78 is 10.8. The molecule has 2 heterocycles. The molecule has 2 aliphatic rings. The lowest BCUT2D eigenvalue weighted by Gasteiger charge is -2.31. The second kappa shape index (κ2) is 10.6. The van der Waals surface area contributed by atoms with Crippen molar-refractivity contribution in [3.8, 4) is 5.75 Å². The Balaban J connectivity index is 1.21. The van der Waals surface area contributed by atoms with Crippen molar-refractivity contribution >= 4 is 29.1 Å². The molecule has 0 radical (unpaired) electrons. The second-order valence-corrected chi connectivity index (χ2v) is 9.13. The third-order valence-electron chi connectivity index (χ3n) is 6.06. The Morgan fingerprint density at radius 3 is 2.81 bits per heavy atom. The Morgan fingerprint density at radius 2 is 2.09 bits per heavy atom. The van der Waals surface area contributed by atoms with E-state index in [1.54, 1.807) is 18.2 Å². The van der Waals surface area contributed by atoms with Crippen LogP contribution in [0.1, 0.15) is 47.0 Å². The molecule has 1 amide bonds. The Kier molecular flexibility index (Phi) is 7.55. The predicted octanol–water partition coefficient (Wildman–Crippen LogP) is 5.14. The predicted molar refractivity (Wildman–Crippen MR) is 125 cm³/mol. The van der Waals surface area contributed by atoms with Crippen LogP contribution < -0.4 is 10.1 Å². The smallest absolute Gasteiger partial charge is 0.251 e. The molecule has 6 nitrogen and oxygen atoms in total. The number of nitrogens with zero attached hydrogens (tertiary/aromatic N) is 2. The minimum Gasteiger partial charge on any atom is -0.495 e. The second-order valence-electron chi connectivity index (χ2n) is 8.29. The van der Waals surface area contributed by atoms with Crippen molar-refractivity contribution in [2.24, 2.45) is 5.92 Å². The molecule has 0 bridgehead atoms. The maximum Gasteiger partial charge on any atom is 0.251 e. The molecule has 2 aromatic rings. The maximum atomic E-state index is 12.5. The number of aromatic nitrogens is 1. The van der Waals surface area contributed by atoms with Crippen LogP contribution in [0.3, 0.4) is 0 Å². The van der Waals surface area contributed by atoms with E-state index in [4.69, 9.17) is 32.5 Å². The van der Waals surface area contributed by atoms with Gasteiger partial charge in [-0.2, -0.15) is 0 Å². The number of ether oxygens (including phenoxy) is 1. The summed E-state index contributed by atoms with van der Waals surface area (Å²) in [6.07, 6.45) is 8.90. The third kappa shape index (κ3) is 5.74. The molecular formula is C24H27Cl2N3O3. The van der Waals surface area contributed by atoms with Gasteiger partial charge in [0.25, 0.3) is 5.91 Å². The van der Waals surface area contributed by atoms with Gasteiger partial charge in [0.1, 0.15) is 5.75 Å². The first-order chi connectivity index (χ1) is 15.5. The van der Waals surface area contributed by atoms with Crippen LogP contribution in [-0.2, 0) is 6.54 Å². The van der Waals surface area contributed by atoms with E-state index in [0.717, 1.165) is 55.4 Å². The molecule has 32 heavy (non-hydrogen) atoms. The number of allylic oxidation sites excluding steroid dienone is 4. The fraction of sp³-hybridized carbons (Fsp3) is 0.417. The molecule has 1 atom stereocenters. The number of amides is 1. The monoisotopic (exact) mass is 475 g/mol. The van der Waals surface area contributed by atoms with Crippen molar-refractivity contribution in [1.29, 1.82) is 0 Å². The zero-order valence-electron chi connectivity index (χ0n) is 18.0. The highest BCUT2D eigenvalue weighted by Crippen LogP contribution is 2.28. The molecule has 1 aromatic heterocycles. The van der Waals surface area contributed by atoms with Crippen molar-refractivity contribution in [1.82, 2.24) is 15.4 Å². The molecule has 4 rings (SSSR count). The van der Waals surface area contributed by atoms with E-state index in [0.29, 0.717) is 28.8 Å². The first-order valence-corrected chi connectivity index (χ1v) is 11.6. The van der Waals surface area contributed by atoms with Crippen LogP contribution in [0.5, 0.6) is 5.75 Å². The summed E-state index contributed by atoms with van der Waals surface area (Å²) in [4.78, 5) is 14.8. The minimum atomic E-state index is -0.107. The zero-order chi connectivity index (χ0) is 22.5. The Hall–Kier alpha value is -2.28. The van der Waals surface area contributed by atoms with Crippen molar-refractivity contribution in [3.05, 3.63) is 69.6 Å². The number of hydrogen-bond donors (Lipinski definition) is 1. The molecular weight excluding hydrogens is 449 g/mol. The number of likely N-dealkylation sites (tertiary alicyclic amines) is 1. The van der Waals surface area contributed by atoms with Gasteiger partial charge in [0.15, 0.2) is 5.76 Å². The molecule has 1 fully saturated rings.